The highest BCUT2D eigenvalue weighted by Crippen LogP contribution is 2.40. The molecule has 0 bridgehead atoms. The molecule has 2 heterocycles. The number of aliphatic hydroxyl groups is 1. The summed E-state index contributed by atoms with van der Waals surface area (Å²) in [6, 6.07) is 13.0. The van der Waals surface area contributed by atoms with E-state index in [2.05, 4.69) is 0 Å². The summed E-state index contributed by atoms with van der Waals surface area (Å²) in [4.78, 5) is 28.1. The van der Waals surface area contributed by atoms with Crippen LogP contribution in [0.5, 0.6) is 5.75 Å². The summed E-state index contributed by atoms with van der Waals surface area (Å²) in [5.74, 6) is -1.10. The van der Waals surface area contributed by atoms with Crippen molar-refractivity contribution < 1.29 is 28.6 Å². The fraction of sp³-hybridized carbons (Fsp3) is 0.308. The van der Waals surface area contributed by atoms with Crippen molar-refractivity contribution in [1.29, 1.82) is 0 Å². The first-order chi connectivity index (χ1) is 16.4. The Bertz CT molecular complexity index is 1250. The number of benzene rings is 2. The molecule has 8 heteroatoms. The van der Waals surface area contributed by atoms with Crippen LogP contribution in [-0.4, -0.2) is 48.6 Å². The van der Waals surface area contributed by atoms with Crippen LogP contribution < -0.4 is 4.74 Å². The van der Waals surface area contributed by atoms with Gasteiger partial charge in [0.15, 0.2) is 11.5 Å². The third kappa shape index (κ3) is 4.67. The Morgan fingerprint density at radius 1 is 1.18 bits per heavy atom. The third-order valence-corrected chi connectivity index (χ3v) is 5.88. The average molecular weight is 484 g/mol. The molecule has 1 N–H and O–H groups in total. The van der Waals surface area contributed by atoms with Crippen LogP contribution in [0.4, 0.5) is 0 Å². The number of fused-ring (bicyclic) bond motifs is 1. The van der Waals surface area contributed by atoms with Crippen LogP contribution in [0.1, 0.15) is 41.9 Å². The standard InChI is InChI=1S/C26H26ClNO6/c1-3-11-33-19-7-4-6-16(14-19)23-22(25(30)26(31)28(23)10-5-12-32-2)24(29)21-15-17-13-18(27)8-9-20(17)34-21/h4,6-9,13-15,23,30H,3,5,10-12H2,1-2H3. The Morgan fingerprint density at radius 3 is 2.76 bits per heavy atom. The lowest BCUT2D eigenvalue weighted by molar-refractivity contribution is -0.129. The van der Waals surface area contributed by atoms with E-state index in [-0.39, 0.29) is 11.3 Å². The van der Waals surface area contributed by atoms with E-state index in [1.807, 2.05) is 19.1 Å². The summed E-state index contributed by atoms with van der Waals surface area (Å²) in [5, 5.41) is 12.0. The number of carbonyl (C=O) groups excluding carboxylic acids is 2. The molecule has 3 aromatic rings. The minimum Gasteiger partial charge on any atom is -0.503 e. The van der Waals surface area contributed by atoms with Crippen LogP contribution in [0.3, 0.4) is 0 Å². The largest absolute Gasteiger partial charge is 0.503 e. The Kier molecular flexibility index (Phi) is 7.24. The van der Waals surface area contributed by atoms with Gasteiger partial charge < -0.3 is 23.9 Å². The van der Waals surface area contributed by atoms with E-state index in [0.717, 1.165) is 6.42 Å². The second kappa shape index (κ2) is 10.3. The highest BCUT2D eigenvalue weighted by atomic mass is 35.5. The molecule has 1 aromatic heterocycles. The summed E-state index contributed by atoms with van der Waals surface area (Å²) >= 11 is 6.06. The normalized spacial score (nSPS) is 16.0. The van der Waals surface area contributed by atoms with Gasteiger partial charge in [0.25, 0.3) is 5.91 Å². The monoisotopic (exact) mass is 483 g/mol. The van der Waals surface area contributed by atoms with Crippen LogP contribution in [0.2, 0.25) is 5.02 Å². The molecule has 0 fully saturated rings. The molecular formula is C26H26ClNO6. The fourth-order valence-corrected chi connectivity index (χ4v) is 4.28. The molecule has 1 atom stereocenters. The summed E-state index contributed by atoms with van der Waals surface area (Å²) in [6.07, 6.45) is 1.39. The van der Waals surface area contributed by atoms with E-state index in [1.165, 1.54) is 4.90 Å². The van der Waals surface area contributed by atoms with E-state index in [1.54, 1.807) is 43.5 Å². The van der Waals surface area contributed by atoms with E-state index in [4.69, 9.17) is 25.5 Å². The first-order valence-corrected chi connectivity index (χ1v) is 11.5. The van der Waals surface area contributed by atoms with Crippen molar-refractivity contribution in [3.05, 3.63) is 76.2 Å². The Hall–Kier alpha value is -3.29. The average Bonchev–Trinajstić information content (AvgIpc) is 3.36. The van der Waals surface area contributed by atoms with Gasteiger partial charge in [-0.15, -0.1) is 0 Å². The molecule has 1 aliphatic heterocycles. The van der Waals surface area contributed by atoms with Gasteiger partial charge in [-0.1, -0.05) is 30.7 Å². The Balaban J connectivity index is 1.75. The number of halogens is 1. The van der Waals surface area contributed by atoms with Crippen LogP contribution in [-0.2, 0) is 9.53 Å². The fourth-order valence-electron chi connectivity index (χ4n) is 4.10. The van der Waals surface area contributed by atoms with Gasteiger partial charge >= 0.3 is 0 Å². The van der Waals surface area contributed by atoms with Crippen LogP contribution in [0, 0.1) is 0 Å². The molecule has 2 aromatic carbocycles. The van der Waals surface area contributed by atoms with Crippen molar-refractivity contribution in [3.8, 4) is 5.75 Å². The van der Waals surface area contributed by atoms with Crippen molar-refractivity contribution in [2.24, 2.45) is 0 Å². The summed E-state index contributed by atoms with van der Waals surface area (Å²) < 4.78 is 16.6. The van der Waals surface area contributed by atoms with E-state index in [0.29, 0.717) is 53.5 Å². The number of furan rings is 1. The molecule has 1 unspecified atom stereocenters. The van der Waals surface area contributed by atoms with Crippen LogP contribution >= 0.6 is 11.6 Å². The highest BCUT2D eigenvalue weighted by molar-refractivity contribution is 6.31. The smallest absolute Gasteiger partial charge is 0.290 e. The van der Waals surface area contributed by atoms with Crippen molar-refractivity contribution in [1.82, 2.24) is 4.90 Å². The summed E-state index contributed by atoms with van der Waals surface area (Å²) in [7, 11) is 1.58. The molecule has 0 saturated heterocycles. The van der Waals surface area contributed by atoms with Gasteiger partial charge in [0, 0.05) is 30.7 Å². The maximum atomic E-state index is 13.6. The van der Waals surface area contributed by atoms with Crippen LogP contribution in [0.15, 0.2) is 64.3 Å². The lowest BCUT2D eigenvalue weighted by Gasteiger charge is -2.27. The number of carbonyl (C=O) groups is 2. The predicted molar refractivity (Wildman–Crippen MR) is 128 cm³/mol. The topological polar surface area (TPSA) is 89.2 Å². The molecule has 1 aliphatic rings. The first-order valence-electron chi connectivity index (χ1n) is 11.1. The summed E-state index contributed by atoms with van der Waals surface area (Å²) in [5.41, 5.74) is 1.12. The molecule has 0 aliphatic carbocycles. The minimum absolute atomic E-state index is 0.0220. The van der Waals surface area contributed by atoms with Gasteiger partial charge in [-0.2, -0.15) is 0 Å². The van der Waals surface area contributed by atoms with Crippen molar-refractivity contribution in [2.75, 3.05) is 26.9 Å². The maximum Gasteiger partial charge on any atom is 0.290 e. The van der Waals surface area contributed by atoms with Crippen LogP contribution in [0.25, 0.3) is 11.0 Å². The third-order valence-electron chi connectivity index (χ3n) is 5.64. The number of nitrogens with zero attached hydrogens (tertiary/aromatic N) is 1. The SMILES string of the molecule is CCCOc1cccc(C2C(C(=O)c3cc4cc(Cl)ccc4o3)=C(O)C(=O)N2CCCOC)c1. The maximum absolute atomic E-state index is 13.6. The molecule has 34 heavy (non-hydrogen) atoms. The number of hydrogen-bond donors (Lipinski definition) is 1. The molecule has 4 rings (SSSR count). The number of methoxy groups -OCH3 is 1. The second-order valence-electron chi connectivity index (χ2n) is 8.05. The Morgan fingerprint density at radius 2 is 2.00 bits per heavy atom. The first kappa shape index (κ1) is 23.9. The van der Waals surface area contributed by atoms with E-state index < -0.39 is 23.5 Å². The van der Waals surface area contributed by atoms with E-state index >= 15 is 0 Å². The van der Waals surface area contributed by atoms with E-state index in [9.17, 15) is 14.7 Å². The molecule has 0 saturated carbocycles. The number of ketones is 1. The van der Waals surface area contributed by atoms with Gasteiger partial charge in [-0.05, 0) is 54.8 Å². The zero-order chi connectivity index (χ0) is 24.2. The number of Topliss-reactive ketones (excluding diaryl/α,β-unsaturated/α-hetero) is 1. The number of hydrogen-bond acceptors (Lipinski definition) is 6. The zero-order valence-electron chi connectivity index (χ0n) is 19.0. The number of rotatable bonds is 10. The van der Waals surface area contributed by atoms with Gasteiger partial charge in [-0.25, -0.2) is 0 Å². The quantitative estimate of drug-likeness (QED) is 0.303. The second-order valence-corrected chi connectivity index (χ2v) is 8.49. The zero-order valence-corrected chi connectivity index (χ0v) is 19.8. The van der Waals surface area contributed by atoms with Crippen molar-refractivity contribution >= 4 is 34.3 Å². The van der Waals surface area contributed by atoms with Crippen molar-refractivity contribution in [3.63, 3.8) is 0 Å². The number of ether oxygens (including phenoxy) is 2. The molecule has 178 valence electrons. The van der Waals surface area contributed by atoms with Gasteiger partial charge in [-0.3, -0.25) is 9.59 Å². The molecule has 0 spiro atoms. The Labute approximate surface area is 202 Å². The summed E-state index contributed by atoms with van der Waals surface area (Å²) in [6.45, 7) is 3.28. The number of aliphatic hydroxyl groups excluding tert-OH is 1. The van der Waals surface area contributed by atoms with Gasteiger partial charge in [0.2, 0.25) is 5.78 Å². The molecular weight excluding hydrogens is 458 g/mol. The lowest BCUT2D eigenvalue weighted by Crippen LogP contribution is -2.32. The number of amides is 1. The predicted octanol–water partition coefficient (Wildman–Crippen LogP) is 5.49. The van der Waals surface area contributed by atoms with Crippen molar-refractivity contribution in [2.45, 2.75) is 25.8 Å². The molecule has 7 nitrogen and oxygen atoms in total. The van der Waals surface area contributed by atoms with Gasteiger partial charge in [0.1, 0.15) is 11.3 Å². The highest BCUT2D eigenvalue weighted by Gasteiger charge is 2.44. The minimum atomic E-state index is -0.793. The van der Waals surface area contributed by atoms with Gasteiger partial charge in [0.05, 0.1) is 18.2 Å². The molecule has 1 amide bonds. The lowest BCUT2D eigenvalue weighted by atomic mass is 9.94. The molecule has 0 radical (unpaired) electrons.